The molecule has 0 saturated carbocycles. The third kappa shape index (κ3) is 3.39. The lowest BCUT2D eigenvalue weighted by Crippen LogP contribution is -2.19. The number of hydrogen-bond donors (Lipinski definition) is 0. The molecule has 3 heteroatoms. The Kier molecular flexibility index (Phi) is 5.43. The molecule has 0 radical (unpaired) electrons. The van der Waals surface area contributed by atoms with Crippen LogP contribution in [0.5, 0.6) is 11.5 Å². The number of alkyl halides is 1. The quantitative estimate of drug-likeness (QED) is 0.209. The monoisotopic (exact) mass is 562 g/mol. The first-order chi connectivity index (χ1) is 20.8. The van der Waals surface area contributed by atoms with Gasteiger partial charge in [-0.25, -0.2) is 4.39 Å². The highest BCUT2D eigenvalue weighted by atomic mass is 19.1. The molecule has 0 N–H and O–H groups in total. The molecule has 0 aromatic heterocycles. The molecule has 0 amide bonds. The molecule has 0 heterocycles. The second-order valence-electron chi connectivity index (χ2n) is 11.9. The van der Waals surface area contributed by atoms with Crippen LogP contribution in [-0.2, 0) is 0 Å². The number of hydrogen-bond acceptors (Lipinski definition) is 2. The van der Waals surface area contributed by atoms with Crippen LogP contribution in [0.1, 0.15) is 51.4 Å². The van der Waals surface area contributed by atoms with E-state index >= 15 is 4.39 Å². The average Bonchev–Trinajstić information content (AvgIpc) is 3.60. The highest BCUT2D eigenvalue weighted by Crippen LogP contribution is 2.63. The van der Waals surface area contributed by atoms with Crippen molar-refractivity contribution in [3.8, 4) is 33.8 Å². The Morgan fingerprint density at radius 1 is 0.488 bits per heavy atom. The van der Waals surface area contributed by atoms with Gasteiger partial charge in [-0.15, -0.1) is 0 Å². The van der Waals surface area contributed by atoms with E-state index in [1.54, 1.807) is 21.1 Å². The summed E-state index contributed by atoms with van der Waals surface area (Å²) in [5.41, 5.74) is 14.2. The number of fused-ring (bicyclic) bond motifs is 7. The van der Waals surface area contributed by atoms with E-state index in [1.807, 2.05) is 24.3 Å². The van der Waals surface area contributed by atoms with Crippen molar-refractivity contribution in [2.24, 2.45) is 0 Å². The summed E-state index contributed by atoms with van der Waals surface area (Å²) >= 11 is 0. The second-order valence-corrected chi connectivity index (χ2v) is 11.9. The largest absolute Gasteiger partial charge is 0.497 e. The molecule has 0 fully saturated rings. The maximum atomic E-state index is 18.6. The molecular formula is C40H31FO2. The fourth-order valence-corrected chi connectivity index (χ4v) is 7.65. The van der Waals surface area contributed by atoms with E-state index in [2.05, 4.69) is 86.6 Å². The molecule has 0 aliphatic heterocycles. The Hall–Kier alpha value is -4.89. The minimum absolute atomic E-state index is 0.722. The van der Waals surface area contributed by atoms with Gasteiger partial charge in [0.2, 0.25) is 0 Å². The lowest BCUT2D eigenvalue weighted by Gasteiger charge is -2.24. The van der Waals surface area contributed by atoms with Gasteiger partial charge in [0.1, 0.15) is 11.5 Å². The molecule has 8 rings (SSSR count). The van der Waals surface area contributed by atoms with E-state index in [9.17, 15) is 0 Å². The normalized spacial score (nSPS) is 20.8. The average molecular weight is 563 g/mol. The standard InChI is InChI=1S/C40H31FO2/c1-22-14-15-23(2)35-34(22)38(36-30-12-8-6-10-26(30)28-18-16-24(42-4)20-32(28)36)40(3,41)39(35)37-31-13-9-7-11-27(31)29-19-17-25(43-5)21-33(29)37/h6-21H,1-5H3/b38-36-,39-37-. The van der Waals surface area contributed by atoms with E-state index in [-0.39, 0.29) is 0 Å². The molecule has 0 unspecified atom stereocenters. The van der Waals surface area contributed by atoms with Gasteiger partial charge in [0, 0.05) is 11.1 Å². The smallest absolute Gasteiger partial charge is 0.160 e. The SMILES string of the molecule is COc1ccc2c(c1)/C(=C1/c3c(C)ccc(C)c3/C(=C3\c4ccccc4-c4ccc(OC)cc43)C1(C)F)c1ccccc1-2. The van der Waals surface area contributed by atoms with E-state index < -0.39 is 5.67 Å². The van der Waals surface area contributed by atoms with E-state index in [4.69, 9.17) is 9.47 Å². The summed E-state index contributed by atoms with van der Waals surface area (Å²) in [6, 6.07) is 33.3. The number of allylic oxidation sites excluding steroid dienone is 2. The van der Waals surface area contributed by atoms with Gasteiger partial charge in [-0.05, 0) is 123 Å². The van der Waals surface area contributed by atoms with Gasteiger partial charge in [-0.2, -0.15) is 0 Å². The van der Waals surface area contributed by atoms with Crippen molar-refractivity contribution in [2.75, 3.05) is 14.2 Å². The molecule has 0 bridgehead atoms. The number of methoxy groups -OCH3 is 2. The molecule has 0 saturated heterocycles. The van der Waals surface area contributed by atoms with Crippen LogP contribution >= 0.6 is 0 Å². The van der Waals surface area contributed by atoms with Crippen LogP contribution in [0.3, 0.4) is 0 Å². The Morgan fingerprint density at radius 2 is 0.860 bits per heavy atom. The van der Waals surface area contributed by atoms with Crippen LogP contribution in [-0.4, -0.2) is 19.9 Å². The first-order valence-electron chi connectivity index (χ1n) is 14.7. The minimum Gasteiger partial charge on any atom is -0.497 e. The maximum Gasteiger partial charge on any atom is 0.160 e. The van der Waals surface area contributed by atoms with Crippen molar-refractivity contribution < 1.29 is 13.9 Å². The van der Waals surface area contributed by atoms with E-state index in [1.165, 1.54) is 0 Å². The summed E-state index contributed by atoms with van der Waals surface area (Å²) in [5, 5.41) is 0. The third-order valence-corrected chi connectivity index (χ3v) is 9.53. The van der Waals surface area contributed by atoms with Gasteiger partial charge in [0.25, 0.3) is 0 Å². The van der Waals surface area contributed by atoms with Crippen molar-refractivity contribution in [1.82, 2.24) is 0 Å². The van der Waals surface area contributed by atoms with Gasteiger partial charge in [0.15, 0.2) is 5.67 Å². The van der Waals surface area contributed by atoms with Crippen molar-refractivity contribution in [1.29, 1.82) is 0 Å². The number of rotatable bonds is 2. The summed E-state index contributed by atoms with van der Waals surface area (Å²) in [6.45, 7) is 5.98. The zero-order chi connectivity index (χ0) is 29.6. The Labute approximate surface area is 251 Å². The summed E-state index contributed by atoms with van der Waals surface area (Å²) < 4.78 is 29.9. The van der Waals surface area contributed by atoms with Crippen LogP contribution in [0.25, 0.3) is 44.5 Å². The first-order valence-corrected chi connectivity index (χ1v) is 14.7. The highest BCUT2D eigenvalue weighted by Gasteiger charge is 2.50. The molecule has 210 valence electrons. The summed E-state index contributed by atoms with van der Waals surface area (Å²) in [5.74, 6) is 1.52. The molecule has 2 nitrogen and oxygen atoms in total. The predicted molar refractivity (Wildman–Crippen MR) is 174 cm³/mol. The molecular weight excluding hydrogens is 531 g/mol. The Bertz CT molecular complexity index is 1940. The third-order valence-electron chi connectivity index (χ3n) is 9.53. The molecule has 0 atom stereocenters. The first kappa shape index (κ1) is 25.8. The number of ether oxygens (including phenoxy) is 2. The van der Waals surface area contributed by atoms with E-state index in [0.29, 0.717) is 0 Å². The summed E-state index contributed by atoms with van der Waals surface area (Å²) in [4.78, 5) is 0. The van der Waals surface area contributed by atoms with Crippen LogP contribution < -0.4 is 9.47 Å². The van der Waals surface area contributed by atoms with Gasteiger partial charge >= 0.3 is 0 Å². The number of benzene rings is 5. The molecule has 0 spiro atoms. The van der Waals surface area contributed by atoms with Crippen LogP contribution in [0.15, 0.2) is 97.1 Å². The lowest BCUT2D eigenvalue weighted by molar-refractivity contribution is 0.361. The second kappa shape index (κ2) is 9.05. The molecule has 43 heavy (non-hydrogen) atoms. The Balaban J connectivity index is 1.57. The molecule has 5 aromatic rings. The van der Waals surface area contributed by atoms with Gasteiger partial charge in [-0.3, -0.25) is 0 Å². The number of aryl methyl sites for hydroxylation is 2. The molecule has 3 aliphatic carbocycles. The van der Waals surface area contributed by atoms with Crippen molar-refractivity contribution in [2.45, 2.75) is 26.4 Å². The van der Waals surface area contributed by atoms with E-state index in [0.717, 1.165) is 101 Å². The van der Waals surface area contributed by atoms with Crippen LogP contribution in [0.2, 0.25) is 0 Å². The fourth-order valence-electron chi connectivity index (χ4n) is 7.65. The van der Waals surface area contributed by atoms with Crippen LogP contribution in [0, 0.1) is 13.8 Å². The molecule has 3 aliphatic rings. The van der Waals surface area contributed by atoms with Crippen molar-refractivity contribution in [3.63, 3.8) is 0 Å². The molecule has 5 aromatic carbocycles. The van der Waals surface area contributed by atoms with Gasteiger partial charge < -0.3 is 9.47 Å². The van der Waals surface area contributed by atoms with Crippen molar-refractivity contribution in [3.05, 3.63) is 142 Å². The topological polar surface area (TPSA) is 18.5 Å². The zero-order valence-corrected chi connectivity index (χ0v) is 24.9. The minimum atomic E-state index is -1.81. The van der Waals surface area contributed by atoms with Gasteiger partial charge in [-0.1, -0.05) is 72.8 Å². The zero-order valence-electron chi connectivity index (χ0n) is 24.9. The van der Waals surface area contributed by atoms with Crippen LogP contribution in [0.4, 0.5) is 4.39 Å². The fraction of sp³-hybridized carbons (Fsp3) is 0.150. The summed E-state index contributed by atoms with van der Waals surface area (Å²) in [7, 11) is 3.36. The predicted octanol–water partition coefficient (Wildman–Crippen LogP) is 9.94. The lowest BCUT2D eigenvalue weighted by atomic mass is 9.83. The summed E-state index contributed by atoms with van der Waals surface area (Å²) in [6.07, 6.45) is 0. The highest BCUT2D eigenvalue weighted by molar-refractivity contribution is 6.24. The maximum absolute atomic E-state index is 18.6. The number of halogens is 1. The Morgan fingerprint density at radius 3 is 1.26 bits per heavy atom. The van der Waals surface area contributed by atoms with Gasteiger partial charge in [0.05, 0.1) is 14.2 Å². The van der Waals surface area contributed by atoms with Crippen molar-refractivity contribution >= 4 is 22.3 Å².